The van der Waals surface area contributed by atoms with E-state index in [-0.39, 0.29) is 11.8 Å². The maximum Gasteiger partial charge on any atom is 0.272 e. The summed E-state index contributed by atoms with van der Waals surface area (Å²) in [6.45, 7) is 3.47. The third-order valence-corrected chi connectivity index (χ3v) is 3.39. The molecule has 98 valence electrons. The van der Waals surface area contributed by atoms with Crippen LogP contribution in [0.4, 0.5) is 5.69 Å². The second-order valence-corrected chi connectivity index (χ2v) is 4.82. The first-order chi connectivity index (χ1) is 8.49. The SMILES string of the molecule is Cc1cc([N+](=O)[O-])c(C)cc1O[C@H]1CCC[C@@H]1O. The first-order valence-electron chi connectivity index (χ1n) is 6.09. The van der Waals surface area contributed by atoms with Crippen molar-refractivity contribution in [3.63, 3.8) is 0 Å². The molecule has 1 aromatic carbocycles. The zero-order valence-electron chi connectivity index (χ0n) is 10.5. The minimum Gasteiger partial charge on any atom is -0.487 e. The molecule has 1 aliphatic rings. The van der Waals surface area contributed by atoms with Crippen molar-refractivity contribution in [3.05, 3.63) is 33.4 Å². The number of benzene rings is 1. The highest BCUT2D eigenvalue weighted by molar-refractivity contribution is 5.49. The molecule has 0 bridgehead atoms. The van der Waals surface area contributed by atoms with Crippen LogP contribution in [0.1, 0.15) is 30.4 Å². The lowest BCUT2D eigenvalue weighted by molar-refractivity contribution is -0.385. The van der Waals surface area contributed by atoms with Crippen LogP contribution in [0, 0.1) is 24.0 Å². The number of hydrogen-bond acceptors (Lipinski definition) is 4. The number of rotatable bonds is 3. The summed E-state index contributed by atoms with van der Waals surface area (Å²) >= 11 is 0. The van der Waals surface area contributed by atoms with Gasteiger partial charge in [-0.3, -0.25) is 10.1 Å². The lowest BCUT2D eigenvalue weighted by atomic mass is 10.1. The number of nitro benzene ring substituents is 1. The Labute approximate surface area is 106 Å². The highest BCUT2D eigenvalue weighted by atomic mass is 16.6. The Bertz CT molecular complexity index is 472. The van der Waals surface area contributed by atoms with E-state index in [1.807, 2.05) is 0 Å². The molecule has 0 spiro atoms. The van der Waals surface area contributed by atoms with Crippen molar-refractivity contribution in [2.75, 3.05) is 0 Å². The molecule has 5 nitrogen and oxygen atoms in total. The fraction of sp³-hybridized carbons (Fsp3) is 0.538. The monoisotopic (exact) mass is 251 g/mol. The summed E-state index contributed by atoms with van der Waals surface area (Å²) in [4.78, 5) is 10.4. The van der Waals surface area contributed by atoms with E-state index in [1.54, 1.807) is 19.9 Å². The Morgan fingerprint density at radius 1 is 1.33 bits per heavy atom. The van der Waals surface area contributed by atoms with Crippen LogP contribution in [0.2, 0.25) is 0 Å². The lowest BCUT2D eigenvalue weighted by Crippen LogP contribution is -2.26. The zero-order valence-corrected chi connectivity index (χ0v) is 10.5. The van der Waals surface area contributed by atoms with E-state index in [9.17, 15) is 15.2 Å². The van der Waals surface area contributed by atoms with Crippen molar-refractivity contribution in [1.82, 2.24) is 0 Å². The standard InChI is InChI=1S/C13H17NO4/c1-8-7-13(9(2)6-10(8)14(16)17)18-12-5-3-4-11(12)15/h6-7,11-12,15H,3-5H2,1-2H3/t11-,12-/m0/s1. The number of nitro groups is 1. The van der Waals surface area contributed by atoms with E-state index < -0.39 is 11.0 Å². The molecule has 0 saturated heterocycles. The predicted molar refractivity (Wildman–Crippen MR) is 66.8 cm³/mol. The molecular weight excluding hydrogens is 234 g/mol. The van der Waals surface area contributed by atoms with E-state index in [0.29, 0.717) is 11.3 Å². The Morgan fingerprint density at radius 3 is 2.61 bits per heavy atom. The van der Waals surface area contributed by atoms with Gasteiger partial charge in [-0.2, -0.15) is 0 Å². The first-order valence-corrected chi connectivity index (χ1v) is 6.09. The molecular formula is C13H17NO4. The fourth-order valence-electron chi connectivity index (χ4n) is 2.31. The minimum absolute atomic E-state index is 0.104. The summed E-state index contributed by atoms with van der Waals surface area (Å²) in [5.74, 6) is 0.629. The first kappa shape index (κ1) is 12.8. The molecule has 5 heteroatoms. The van der Waals surface area contributed by atoms with Crippen LogP contribution < -0.4 is 4.74 Å². The minimum atomic E-state index is -0.431. The molecule has 1 fully saturated rings. The van der Waals surface area contributed by atoms with Crippen LogP contribution in [0.15, 0.2) is 12.1 Å². The van der Waals surface area contributed by atoms with Crippen LogP contribution in [0.25, 0.3) is 0 Å². The molecule has 1 aromatic rings. The number of hydrogen-bond donors (Lipinski definition) is 1. The van der Waals surface area contributed by atoms with Crippen molar-refractivity contribution in [1.29, 1.82) is 0 Å². The molecule has 0 heterocycles. The lowest BCUT2D eigenvalue weighted by Gasteiger charge is -2.19. The van der Waals surface area contributed by atoms with Crippen LogP contribution in [-0.2, 0) is 0 Å². The summed E-state index contributed by atoms with van der Waals surface area (Å²) in [6, 6.07) is 3.20. The number of aliphatic hydroxyl groups excluding tert-OH is 1. The van der Waals surface area contributed by atoms with Gasteiger partial charge in [-0.15, -0.1) is 0 Å². The van der Waals surface area contributed by atoms with E-state index in [0.717, 1.165) is 24.8 Å². The normalized spacial score (nSPS) is 23.1. The number of ether oxygens (including phenoxy) is 1. The summed E-state index contributed by atoms with van der Waals surface area (Å²) < 4.78 is 5.76. The second-order valence-electron chi connectivity index (χ2n) is 4.82. The van der Waals surface area contributed by atoms with Gasteiger partial charge in [0.2, 0.25) is 0 Å². The van der Waals surface area contributed by atoms with E-state index in [4.69, 9.17) is 4.74 Å². The van der Waals surface area contributed by atoms with Crippen molar-refractivity contribution in [2.45, 2.75) is 45.3 Å². The largest absolute Gasteiger partial charge is 0.487 e. The molecule has 2 rings (SSSR count). The molecule has 1 saturated carbocycles. The Balaban J connectivity index is 2.23. The zero-order chi connectivity index (χ0) is 13.3. The van der Waals surface area contributed by atoms with Crippen molar-refractivity contribution in [2.24, 2.45) is 0 Å². The molecule has 0 radical (unpaired) electrons. The smallest absolute Gasteiger partial charge is 0.272 e. The topological polar surface area (TPSA) is 72.6 Å². The van der Waals surface area contributed by atoms with Gasteiger partial charge >= 0.3 is 0 Å². The van der Waals surface area contributed by atoms with Gasteiger partial charge in [0.1, 0.15) is 11.9 Å². The molecule has 1 N–H and O–H groups in total. The summed E-state index contributed by atoms with van der Waals surface area (Å²) in [6.07, 6.45) is 1.92. The molecule has 0 aliphatic heterocycles. The quantitative estimate of drug-likeness (QED) is 0.661. The van der Waals surface area contributed by atoms with Gasteiger partial charge in [0.15, 0.2) is 0 Å². The maximum absolute atomic E-state index is 10.8. The summed E-state index contributed by atoms with van der Waals surface area (Å²) in [5, 5.41) is 20.5. The summed E-state index contributed by atoms with van der Waals surface area (Å²) in [5.41, 5.74) is 1.41. The molecule has 2 atom stereocenters. The Hall–Kier alpha value is -1.62. The van der Waals surface area contributed by atoms with Crippen LogP contribution in [0.3, 0.4) is 0 Å². The van der Waals surface area contributed by atoms with Gasteiger partial charge in [-0.1, -0.05) is 0 Å². The third-order valence-electron chi connectivity index (χ3n) is 3.39. The molecule has 1 aliphatic carbocycles. The number of aliphatic hydroxyl groups is 1. The van der Waals surface area contributed by atoms with Gasteiger partial charge in [-0.25, -0.2) is 0 Å². The molecule has 0 amide bonds. The molecule has 0 aromatic heterocycles. The van der Waals surface area contributed by atoms with Crippen LogP contribution in [-0.4, -0.2) is 22.2 Å². The highest BCUT2D eigenvalue weighted by Crippen LogP contribution is 2.31. The van der Waals surface area contributed by atoms with E-state index in [2.05, 4.69) is 0 Å². The molecule has 18 heavy (non-hydrogen) atoms. The average Bonchev–Trinajstić information content (AvgIpc) is 2.69. The van der Waals surface area contributed by atoms with Gasteiger partial charge in [0.05, 0.1) is 11.0 Å². The fourth-order valence-corrected chi connectivity index (χ4v) is 2.31. The third kappa shape index (κ3) is 2.46. The van der Waals surface area contributed by atoms with Crippen molar-refractivity contribution in [3.8, 4) is 5.75 Å². The van der Waals surface area contributed by atoms with Crippen molar-refractivity contribution >= 4 is 5.69 Å². The average molecular weight is 251 g/mol. The number of aryl methyl sites for hydroxylation is 2. The Morgan fingerprint density at radius 2 is 2.06 bits per heavy atom. The van der Waals surface area contributed by atoms with Gasteiger partial charge in [0.25, 0.3) is 5.69 Å². The van der Waals surface area contributed by atoms with Gasteiger partial charge < -0.3 is 9.84 Å². The van der Waals surface area contributed by atoms with Gasteiger partial charge in [0, 0.05) is 11.6 Å². The highest BCUT2D eigenvalue weighted by Gasteiger charge is 2.27. The van der Waals surface area contributed by atoms with Crippen LogP contribution >= 0.6 is 0 Å². The van der Waals surface area contributed by atoms with Crippen LogP contribution in [0.5, 0.6) is 5.75 Å². The van der Waals surface area contributed by atoms with Gasteiger partial charge in [-0.05, 0) is 44.7 Å². The van der Waals surface area contributed by atoms with E-state index in [1.165, 1.54) is 6.07 Å². The Kier molecular flexibility index (Phi) is 3.52. The number of nitrogens with zero attached hydrogens (tertiary/aromatic N) is 1. The second kappa shape index (κ2) is 4.94. The van der Waals surface area contributed by atoms with Crippen molar-refractivity contribution < 1.29 is 14.8 Å². The van der Waals surface area contributed by atoms with E-state index >= 15 is 0 Å². The maximum atomic E-state index is 10.8. The summed E-state index contributed by atoms with van der Waals surface area (Å²) in [7, 11) is 0. The predicted octanol–water partition coefficient (Wildman–Crippen LogP) is 2.50. The molecule has 0 unspecified atom stereocenters.